The molecule has 1 saturated heterocycles. The first-order chi connectivity index (χ1) is 12.5. The van der Waals surface area contributed by atoms with Gasteiger partial charge >= 0.3 is 0 Å². The largest absolute Gasteiger partial charge is 0.348 e. The van der Waals surface area contributed by atoms with Crippen LogP contribution in [-0.4, -0.2) is 24.0 Å². The molecule has 1 aliphatic heterocycles. The van der Waals surface area contributed by atoms with Gasteiger partial charge in [0, 0.05) is 16.5 Å². The second-order valence-corrected chi connectivity index (χ2v) is 9.04. The summed E-state index contributed by atoms with van der Waals surface area (Å²) in [7, 11) is 0. The zero-order valence-electron chi connectivity index (χ0n) is 15.5. The van der Waals surface area contributed by atoms with Gasteiger partial charge in [-0.2, -0.15) is 0 Å². The lowest BCUT2D eigenvalue weighted by Gasteiger charge is -2.23. The molecule has 2 fully saturated rings. The predicted molar refractivity (Wildman–Crippen MR) is 114 cm³/mol. The van der Waals surface area contributed by atoms with Crippen molar-refractivity contribution in [2.24, 2.45) is 11.3 Å². The van der Waals surface area contributed by atoms with Crippen molar-refractivity contribution >= 4 is 41.3 Å². The summed E-state index contributed by atoms with van der Waals surface area (Å²) in [5, 5.41) is 8.31. The summed E-state index contributed by atoms with van der Waals surface area (Å²) in [6, 6.07) is 7.71. The molecule has 4 nitrogen and oxygen atoms in total. The standard InChI is InChI=1S/C20H24ClN3OS.ClH/c1-12(23-18(25)16-11-20(16)7-9-22-10-8-20)17-13(2)24-19(26-17)14-3-5-15(21)6-4-14;/h3-6,12,16,22H,7-11H2,1-2H3,(H,23,25);1H. The minimum absolute atomic E-state index is 0. The van der Waals surface area contributed by atoms with E-state index < -0.39 is 0 Å². The lowest BCUT2D eigenvalue weighted by Crippen LogP contribution is -2.34. The van der Waals surface area contributed by atoms with Crippen molar-refractivity contribution in [3.63, 3.8) is 0 Å². The van der Waals surface area contributed by atoms with Gasteiger partial charge in [0.05, 0.1) is 16.6 Å². The maximum absolute atomic E-state index is 12.7. The van der Waals surface area contributed by atoms with Crippen LogP contribution in [-0.2, 0) is 4.79 Å². The zero-order chi connectivity index (χ0) is 18.3. The van der Waals surface area contributed by atoms with E-state index >= 15 is 0 Å². The topological polar surface area (TPSA) is 54.0 Å². The third-order valence-corrected chi connectivity index (χ3v) is 7.42. The first-order valence-corrected chi connectivity index (χ1v) is 10.4. The normalized spacial score (nSPS) is 21.4. The number of amides is 1. The van der Waals surface area contributed by atoms with Crippen LogP contribution >= 0.6 is 35.3 Å². The van der Waals surface area contributed by atoms with E-state index in [0.29, 0.717) is 0 Å². The summed E-state index contributed by atoms with van der Waals surface area (Å²) in [4.78, 5) is 18.6. The number of rotatable bonds is 4. The Morgan fingerprint density at radius 1 is 1.33 bits per heavy atom. The number of thiazole rings is 1. The number of carbonyl (C=O) groups excluding carboxylic acids is 1. The Hall–Kier alpha value is -1.14. The summed E-state index contributed by atoms with van der Waals surface area (Å²) < 4.78 is 0. The molecule has 2 unspecified atom stereocenters. The average molecular weight is 426 g/mol. The molecule has 2 heterocycles. The molecular formula is C20H25Cl2N3OS. The van der Waals surface area contributed by atoms with E-state index in [1.165, 1.54) is 0 Å². The van der Waals surface area contributed by atoms with Gasteiger partial charge in [0.2, 0.25) is 5.91 Å². The number of benzene rings is 1. The predicted octanol–water partition coefficient (Wildman–Crippen LogP) is 4.76. The Bertz CT molecular complexity index is 815. The van der Waals surface area contributed by atoms with E-state index in [1.807, 2.05) is 31.2 Å². The number of aryl methyl sites for hydroxylation is 1. The van der Waals surface area contributed by atoms with Gasteiger partial charge in [-0.05, 0) is 63.7 Å². The highest BCUT2D eigenvalue weighted by Crippen LogP contribution is 2.58. The number of halogens is 2. The number of aromatic nitrogens is 1. The SMILES string of the molecule is Cc1nc(-c2ccc(Cl)cc2)sc1C(C)NC(=O)C1CC12CCNCC2.Cl. The first kappa shape index (κ1) is 20.6. The summed E-state index contributed by atoms with van der Waals surface area (Å²) in [5.41, 5.74) is 2.31. The van der Waals surface area contributed by atoms with Crippen LogP contribution < -0.4 is 10.6 Å². The van der Waals surface area contributed by atoms with Crippen LogP contribution in [0.1, 0.15) is 42.8 Å². The van der Waals surface area contributed by atoms with Crippen LogP contribution in [0.25, 0.3) is 10.6 Å². The van der Waals surface area contributed by atoms with Gasteiger partial charge in [-0.3, -0.25) is 4.79 Å². The van der Waals surface area contributed by atoms with Crippen LogP contribution in [0.3, 0.4) is 0 Å². The van der Waals surface area contributed by atoms with Gasteiger partial charge in [0.1, 0.15) is 5.01 Å². The highest BCUT2D eigenvalue weighted by molar-refractivity contribution is 7.15. The fraction of sp³-hybridized carbons (Fsp3) is 0.500. The van der Waals surface area contributed by atoms with Gasteiger partial charge < -0.3 is 10.6 Å². The summed E-state index contributed by atoms with van der Waals surface area (Å²) in [6.07, 6.45) is 3.30. The molecule has 2 aromatic rings. The molecule has 2 atom stereocenters. The fourth-order valence-electron chi connectivity index (χ4n) is 4.10. The second-order valence-electron chi connectivity index (χ2n) is 7.57. The maximum atomic E-state index is 12.7. The summed E-state index contributed by atoms with van der Waals surface area (Å²) in [5.74, 6) is 0.399. The summed E-state index contributed by atoms with van der Waals surface area (Å²) >= 11 is 7.62. The number of hydrogen-bond donors (Lipinski definition) is 2. The number of piperidine rings is 1. The number of carbonyl (C=O) groups is 1. The molecule has 27 heavy (non-hydrogen) atoms. The van der Waals surface area contributed by atoms with Gasteiger partial charge in [-0.25, -0.2) is 4.98 Å². The fourth-order valence-corrected chi connectivity index (χ4v) is 5.30. The van der Waals surface area contributed by atoms with Crippen molar-refractivity contribution in [2.75, 3.05) is 13.1 Å². The third-order valence-electron chi connectivity index (χ3n) is 5.78. The Kier molecular flexibility index (Phi) is 6.16. The number of nitrogens with zero attached hydrogens (tertiary/aromatic N) is 1. The molecule has 0 bridgehead atoms. The highest BCUT2D eigenvalue weighted by atomic mass is 35.5. The quantitative estimate of drug-likeness (QED) is 0.741. The number of hydrogen-bond acceptors (Lipinski definition) is 4. The second kappa shape index (κ2) is 8.08. The van der Waals surface area contributed by atoms with Crippen molar-refractivity contribution < 1.29 is 4.79 Å². The molecule has 2 N–H and O–H groups in total. The molecule has 0 radical (unpaired) electrons. The first-order valence-electron chi connectivity index (χ1n) is 9.23. The monoisotopic (exact) mass is 425 g/mol. The molecule has 1 saturated carbocycles. The molecule has 2 aliphatic rings. The van der Waals surface area contributed by atoms with Crippen LogP contribution in [0.2, 0.25) is 5.02 Å². The lowest BCUT2D eigenvalue weighted by atomic mass is 9.91. The third kappa shape index (κ3) is 4.16. The van der Waals surface area contributed by atoms with Gasteiger partial charge in [-0.1, -0.05) is 23.7 Å². The maximum Gasteiger partial charge on any atom is 0.224 e. The van der Waals surface area contributed by atoms with E-state index in [0.717, 1.165) is 58.5 Å². The Morgan fingerprint density at radius 3 is 2.67 bits per heavy atom. The van der Waals surface area contributed by atoms with E-state index in [1.54, 1.807) is 11.3 Å². The molecule has 1 aromatic heterocycles. The van der Waals surface area contributed by atoms with E-state index in [9.17, 15) is 4.79 Å². The van der Waals surface area contributed by atoms with Crippen molar-refractivity contribution in [3.8, 4) is 10.6 Å². The Morgan fingerprint density at radius 2 is 2.00 bits per heavy atom. The van der Waals surface area contributed by atoms with Crippen molar-refractivity contribution in [1.29, 1.82) is 0 Å². The highest BCUT2D eigenvalue weighted by Gasteiger charge is 2.57. The van der Waals surface area contributed by atoms with Crippen LogP contribution in [0.15, 0.2) is 24.3 Å². The molecule has 4 rings (SSSR count). The molecular weight excluding hydrogens is 401 g/mol. The molecule has 1 aromatic carbocycles. The van der Waals surface area contributed by atoms with Gasteiger partial charge in [0.25, 0.3) is 0 Å². The molecule has 146 valence electrons. The lowest BCUT2D eigenvalue weighted by molar-refractivity contribution is -0.123. The Balaban J connectivity index is 0.00000210. The van der Waals surface area contributed by atoms with Crippen molar-refractivity contribution in [3.05, 3.63) is 39.9 Å². The minimum Gasteiger partial charge on any atom is -0.348 e. The minimum atomic E-state index is -0.0135. The van der Waals surface area contributed by atoms with E-state index in [4.69, 9.17) is 16.6 Å². The van der Waals surface area contributed by atoms with Crippen LogP contribution in [0.4, 0.5) is 0 Å². The molecule has 7 heteroatoms. The average Bonchev–Trinajstić information content (AvgIpc) is 3.17. The van der Waals surface area contributed by atoms with Crippen LogP contribution in [0.5, 0.6) is 0 Å². The molecule has 1 spiro atoms. The Labute approximate surface area is 175 Å². The summed E-state index contributed by atoms with van der Waals surface area (Å²) in [6.45, 7) is 6.15. The van der Waals surface area contributed by atoms with E-state index in [-0.39, 0.29) is 35.7 Å². The van der Waals surface area contributed by atoms with Crippen molar-refractivity contribution in [1.82, 2.24) is 15.6 Å². The van der Waals surface area contributed by atoms with Gasteiger partial charge in [-0.15, -0.1) is 23.7 Å². The smallest absolute Gasteiger partial charge is 0.224 e. The van der Waals surface area contributed by atoms with Crippen LogP contribution in [0, 0.1) is 18.3 Å². The molecule has 1 aliphatic carbocycles. The molecule has 1 amide bonds. The van der Waals surface area contributed by atoms with Crippen molar-refractivity contribution in [2.45, 2.75) is 39.2 Å². The van der Waals surface area contributed by atoms with E-state index in [2.05, 4.69) is 17.6 Å². The van der Waals surface area contributed by atoms with Gasteiger partial charge in [0.15, 0.2) is 0 Å². The number of nitrogens with one attached hydrogen (secondary N) is 2. The zero-order valence-corrected chi connectivity index (χ0v) is 17.9.